The van der Waals surface area contributed by atoms with Crippen LogP contribution in [0.15, 0.2) is 12.7 Å². The summed E-state index contributed by atoms with van der Waals surface area (Å²) < 4.78 is 0. The van der Waals surface area contributed by atoms with E-state index in [4.69, 9.17) is 0 Å². The molecule has 3 nitrogen and oxygen atoms in total. The van der Waals surface area contributed by atoms with Crippen molar-refractivity contribution in [3.8, 4) is 0 Å². The molecule has 1 fully saturated rings. The van der Waals surface area contributed by atoms with Gasteiger partial charge >= 0.3 is 0 Å². The molecule has 1 aliphatic heterocycles. The molecular formula is C12H22N2O. The van der Waals surface area contributed by atoms with Crippen molar-refractivity contribution in [2.45, 2.75) is 38.1 Å². The summed E-state index contributed by atoms with van der Waals surface area (Å²) in [6.45, 7) is 5.50. The van der Waals surface area contributed by atoms with E-state index in [-0.39, 0.29) is 11.9 Å². The van der Waals surface area contributed by atoms with Gasteiger partial charge in [-0.2, -0.15) is 0 Å². The highest BCUT2D eigenvalue weighted by molar-refractivity contribution is 5.81. The Bertz CT molecular complexity index is 210. The van der Waals surface area contributed by atoms with E-state index in [1.54, 1.807) is 0 Å². The van der Waals surface area contributed by atoms with Gasteiger partial charge in [-0.05, 0) is 32.2 Å². The van der Waals surface area contributed by atoms with Gasteiger partial charge in [-0.25, -0.2) is 0 Å². The van der Waals surface area contributed by atoms with Gasteiger partial charge in [-0.1, -0.05) is 12.5 Å². The largest absolute Gasteiger partial charge is 0.344 e. The van der Waals surface area contributed by atoms with Crippen LogP contribution in [0.25, 0.3) is 0 Å². The molecule has 0 unspecified atom stereocenters. The summed E-state index contributed by atoms with van der Waals surface area (Å²) in [5.41, 5.74) is 0. The highest BCUT2D eigenvalue weighted by Gasteiger charge is 2.22. The highest BCUT2D eigenvalue weighted by atomic mass is 16.2. The predicted molar refractivity (Wildman–Crippen MR) is 62.7 cm³/mol. The summed E-state index contributed by atoms with van der Waals surface area (Å²) in [7, 11) is 1.89. The summed E-state index contributed by atoms with van der Waals surface area (Å²) in [5.74, 6) is 0.249. The van der Waals surface area contributed by atoms with E-state index < -0.39 is 0 Å². The number of allylic oxidation sites excluding steroid dienone is 1. The third-order valence-electron chi connectivity index (χ3n) is 2.89. The number of unbranched alkanes of at least 4 members (excludes halogenated alkanes) is 1. The third kappa shape index (κ3) is 4.04. The average Bonchev–Trinajstić information content (AvgIpc) is 2.29. The lowest BCUT2D eigenvalue weighted by molar-refractivity contribution is -0.132. The summed E-state index contributed by atoms with van der Waals surface area (Å²) in [5, 5.41) is 3.28. The molecule has 1 N–H and O–H groups in total. The van der Waals surface area contributed by atoms with Crippen LogP contribution in [0, 0.1) is 0 Å². The first-order valence-electron chi connectivity index (χ1n) is 5.85. The second-order valence-corrected chi connectivity index (χ2v) is 4.19. The van der Waals surface area contributed by atoms with Gasteiger partial charge < -0.3 is 10.2 Å². The molecule has 0 bridgehead atoms. The van der Waals surface area contributed by atoms with E-state index in [0.717, 1.165) is 32.4 Å². The predicted octanol–water partition coefficient (Wildman–Crippen LogP) is 1.55. The van der Waals surface area contributed by atoms with Gasteiger partial charge in [0.25, 0.3) is 0 Å². The molecule has 1 heterocycles. The summed E-state index contributed by atoms with van der Waals surface area (Å²) >= 11 is 0. The lowest BCUT2D eigenvalue weighted by Crippen LogP contribution is -2.47. The lowest BCUT2D eigenvalue weighted by Gasteiger charge is -2.27. The number of hydrogen-bond donors (Lipinski definition) is 1. The van der Waals surface area contributed by atoms with Crippen molar-refractivity contribution >= 4 is 5.91 Å². The van der Waals surface area contributed by atoms with Crippen molar-refractivity contribution in [2.75, 3.05) is 20.1 Å². The molecule has 0 aromatic carbocycles. The lowest BCUT2D eigenvalue weighted by atomic mass is 10.0. The van der Waals surface area contributed by atoms with E-state index in [1.165, 1.54) is 12.8 Å². The zero-order valence-corrected chi connectivity index (χ0v) is 9.67. The maximum Gasteiger partial charge on any atom is 0.239 e. The van der Waals surface area contributed by atoms with E-state index in [0.29, 0.717) is 0 Å². The number of piperidine rings is 1. The monoisotopic (exact) mass is 210 g/mol. The quantitative estimate of drug-likeness (QED) is 0.551. The first kappa shape index (κ1) is 12.2. The number of nitrogens with zero attached hydrogens (tertiary/aromatic N) is 1. The zero-order valence-electron chi connectivity index (χ0n) is 9.67. The molecule has 0 radical (unpaired) electrons. The minimum absolute atomic E-state index is 0.0625. The van der Waals surface area contributed by atoms with Crippen LogP contribution >= 0.6 is 0 Å². The first-order chi connectivity index (χ1) is 7.25. The average molecular weight is 210 g/mol. The van der Waals surface area contributed by atoms with Crippen LogP contribution in [-0.2, 0) is 4.79 Å². The topological polar surface area (TPSA) is 32.3 Å². The van der Waals surface area contributed by atoms with Crippen LogP contribution in [0.5, 0.6) is 0 Å². The summed E-state index contributed by atoms with van der Waals surface area (Å²) in [4.78, 5) is 13.8. The van der Waals surface area contributed by atoms with Crippen LogP contribution in [0.3, 0.4) is 0 Å². The van der Waals surface area contributed by atoms with E-state index >= 15 is 0 Å². The molecule has 1 amide bonds. The smallest absolute Gasteiger partial charge is 0.239 e. The van der Waals surface area contributed by atoms with Gasteiger partial charge in [0.15, 0.2) is 0 Å². The molecule has 0 aromatic rings. The first-order valence-corrected chi connectivity index (χ1v) is 5.85. The number of carbonyl (C=O) groups excluding carboxylic acids is 1. The fourth-order valence-corrected chi connectivity index (χ4v) is 1.91. The Balaban J connectivity index is 2.27. The van der Waals surface area contributed by atoms with Gasteiger partial charge in [0.2, 0.25) is 5.91 Å². The van der Waals surface area contributed by atoms with Gasteiger partial charge in [0, 0.05) is 13.6 Å². The normalized spacial score (nSPS) is 21.0. The van der Waals surface area contributed by atoms with Crippen molar-refractivity contribution in [1.29, 1.82) is 0 Å². The fraction of sp³-hybridized carbons (Fsp3) is 0.750. The SMILES string of the molecule is C=CCCCN(C)C(=O)[C@@H]1CCCCN1. The molecule has 0 aromatic heterocycles. The maximum absolute atomic E-state index is 11.9. The second-order valence-electron chi connectivity index (χ2n) is 4.19. The molecule has 1 saturated heterocycles. The fourth-order valence-electron chi connectivity index (χ4n) is 1.91. The molecule has 1 atom stereocenters. The Morgan fingerprint density at radius 2 is 2.40 bits per heavy atom. The van der Waals surface area contributed by atoms with Crippen LogP contribution in [0.4, 0.5) is 0 Å². The van der Waals surface area contributed by atoms with Crippen molar-refractivity contribution in [2.24, 2.45) is 0 Å². The Morgan fingerprint density at radius 1 is 1.60 bits per heavy atom. The van der Waals surface area contributed by atoms with Gasteiger partial charge in [-0.3, -0.25) is 4.79 Å². The standard InChI is InChI=1S/C12H22N2O/c1-3-4-7-10-14(2)12(15)11-8-5-6-9-13-11/h3,11,13H,1,4-10H2,2H3/t11-/m0/s1. The number of rotatable bonds is 5. The van der Waals surface area contributed by atoms with E-state index in [9.17, 15) is 4.79 Å². The Hall–Kier alpha value is -0.830. The molecule has 3 heteroatoms. The second kappa shape index (κ2) is 6.62. The van der Waals surface area contributed by atoms with Gasteiger partial charge in [0.1, 0.15) is 0 Å². The minimum atomic E-state index is 0.0625. The number of amides is 1. The molecule has 0 spiro atoms. The Kier molecular flexibility index (Phi) is 5.40. The van der Waals surface area contributed by atoms with Crippen molar-refractivity contribution in [1.82, 2.24) is 10.2 Å². The zero-order chi connectivity index (χ0) is 11.1. The highest BCUT2D eigenvalue weighted by Crippen LogP contribution is 2.09. The number of carbonyl (C=O) groups is 1. The summed E-state index contributed by atoms with van der Waals surface area (Å²) in [6, 6.07) is 0.0625. The van der Waals surface area contributed by atoms with E-state index in [1.807, 2.05) is 18.0 Å². The molecule has 0 saturated carbocycles. The Labute approximate surface area is 92.5 Å². The molecular weight excluding hydrogens is 188 g/mol. The van der Waals surface area contributed by atoms with Crippen molar-refractivity contribution < 1.29 is 4.79 Å². The number of likely N-dealkylation sites (N-methyl/N-ethyl adjacent to an activating group) is 1. The Morgan fingerprint density at radius 3 is 3.00 bits per heavy atom. The molecule has 15 heavy (non-hydrogen) atoms. The minimum Gasteiger partial charge on any atom is -0.344 e. The number of nitrogens with one attached hydrogen (secondary N) is 1. The van der Waals surface area contributed by atoms with Gasteiger partial charge in [-0.15, -0.1) is 6.58 Å². The molecule has 1 rings (SSSR count). The van der Waals surface area contributed by atoms with Crippen molar-refractivity contribution in [3.63, 3.8) is 0 Å². The van der Waals surface area contributed by atoms with Crippen molar-refractivity contribution in [3.05, 3.63) is 12.7 Å². The molecule has 86 valence electrons. The molecule has 1 aliphatic rings. The van der Waals surface area contributed by atoms with Gasteiger partial charge in [0.05, 0.1) is 6.04 Å². The molecule has 0 aliphatic carbocycles. The van der Waals surface area contributed by atoms with Crippen LogP contribution in [-0.4, -0.2) is 37.0 Å². The maximum atomic E-state index is 11.9. The summed E-state index contributed by atoms with van der Waals surface area (Å²) in [6.07, 6.45) is 7.25. The van der Waals surface area contributed by atoms with Crippen LogP contribution in [0.2, 0.25) is 0 Å². The van der Waals surface area contributed by atoms with E-state index in [2.05, 4.69) is 11.9 Å². The number of hydrogen-bond acceptors (Lipinski definition) is 2. The van der Waals surface area contributed by atoms with Crippen LogP contribution in [0.1, 0.15) is 32.1 Å². The third-order valence-corrected chi connectivity index (χ3v) is 2.89. The van der Waals surface area contributed by atoms with Crippen LogP contribution < -0.4 is 5.32 Å².